The van der Waals surface area contributed by atoms with Crippen molar-refractivity contribution in [3.63, 3.8) is 0 Å². The van der Waals surface area contributed by atoms with Gasteiger partial charge in [-0.2, -0.15) is 0 Å². The van der Waals surface area contributed by atoms with Crippen LogP contribution >= 0.6 is 11.8 Å². The van der Waals surface area contributed by atoms with Gasteiger partial charge in [0.05, 0.1) is 6.42 Å². The number of anilines is 2. The van der Waals surface area contributed by atoms with Crippen molar-refractivity contribution in [2.24, 2.45) is 5.92 Å². The van der Waals surface area contributed by atoms with Gasteiger partial charge < -0.3 is 10.2 Å². The Bertz CT molecular complexity index is 917. The molecule has 1 heterocycles. The van der Waals surface area contributed by atoms with E-state index in [1.807, 2.05) is 47.0 Å². The van der Waals surface area contributed by atoms with E-state index in [0.29, 0.717) is 11.7 Å². The van der Waals surface area contributed by atoms with Gasteiger partial charge in [0.15, 0.2) is 0 Å². The zero-order valence-corrected chi connectivity index (χ0v) is 18.6. The van der Waals surface area contributed by atoms with Crippen LogP contribution in [0.4, 0.5) is 11.4 Å². The Morgan fingerprint density at radius 3 is 2.53 bits per heavy atom. The number of fused-ring (bicyclic) bond motifs is 1. The molecule has 0 saturated heterocycles. The van der Waals surface area contributed by atoms with Crippen molar-refractivity contribution in [3.8, 4) is 0 Å². The summed E-state index contributed by atoms with van der Waals surface area (Å²) in [7, 11) is 0. The number of nitrogens with zero attached hydrogens (tertiary/aromatic N) is 1. The fourth-order valence-corrected chi connectivity index (χ4v) is 5.27. The van der Waals surface area contributed by atoms with Gasteiger partial charge in [-0.25, -0.2) is 0 Å². The molecule has 4 nitrogen and oxygen atoms in total. The molecule has 1 fully saturated rings. The SMILES string of the molecule is CC(C)Sc1ccc(CC(=O)Nc2ccc3c(c2)N(C(=O)C2CCCC2)CC3)cc1. The van der Waals surface area contributed by atoms with Crippen LogP contribution in [0, 0.1) is 5.92 Å². The Kier molecular flexibility index (Phi) is 6.47. The summed E-state index contributed by atoms with van der Waals surface area (Å²) in [5.41, 5.74) is 3.93. The first-order chi connectivity index (χ1) is 14.5. The lowest BCUT2D eigenvalue weighted by Gasteiger charge is -2.21. The first-order valence-electron chi connectivity index (χ1n) is 11.0. The van der Waals surface area contributed by atoms with E-state index in [1.165, 1.54) is 10.5 Å². The Hall–Kier alpha value is -2.27. The Labute approximate surface area is 183 Å². The molecule has 1 N–H and O–H groups in total. The van der Waals surface area contributed by atoms with Crippen molar-refractivity contribution in [2.75, 3.05) is 16.8 Å². The van der Waals surface area contributed by atoms with E-state index in [9.17, 15) is 9.59 Å². The molecule has 2 aromatic carbocycles. The molecule has 2 aromatic rings. The number of carbonyl (C=O) groups excluding carboxylic acids is 2. The molecule has 5 heteroatoms. The predicted molar refractivity (Wildman–Crippen MR) is 124 cm³/mol. The quantitative estimate of drug-likeness (QED) is 0.630. The van der Waals surface area contributed by atoms with E-state index in [2.05, 4.69) is 31.3 Å². The lowest BCUT2D eigenvalue weighted by Crippen LogP contribution is -2.33. The number of benzene rings is 2. The van der Waals surface area contributed by atoms with Crippen LogP contribution in [-0.2, 0) is 22.4 Å². The van der Waals surface area contributed by atoms with Gasteiger partial charge in [0, 0.05) is 34.0 Å². The first kappa shape index (κ1) is 21.0. The minimum absolute atomic E-state index is 0.0362. The number of thioether (sulfide) groups is 1. The highest BCUT2D eigenvalue weighted by atomic mass is 32.2. The van der Waals surface area contributed by atoms with Crippen LogP contribution in [0.1, 0.15) is 50.7 Å². The topological polar surface area (TPSA) is 49.4 Å². The number of amides is 2. The van der Waals surface area contributed by atoms with Crippen molar-refractivity contribution >= 4 is 35.0 Å². The maximum atomic E-state index is 12.9. The molecule has 1 aliphatic carbocycles. The Balaban J connectivity index is 1.40. The fraction of sp³-hybridized carbons (Fsp3) is 0.440. The monoisotopic (exact) mass is 422 g/mol. The molecule has 4 rings (SSSR count). The highest BCUT2D eigenvalue weighted by molar-refractivity contribution is 7.99. The molecule has 0 unspecified atom stereocenters. The number of carbonyl (C=O) groups is 2. The molecule has 0 atom stereocenters. The maximum absolute atomic E-state index is 12.9. The Morgan fingerprint density at radius 1 is 1.10 bits per heavy atom. The molecule has 0 radical (unpaired) electrons. The second kappa shape index (κ2) is 9.25. The average Bonchev–Trinajstić information content (AvgIpc) is 3.38. The summed E-state index contributed by atoms with van der Waals surface area (Å²) in [5.74, 6) is 0.394. The van der Waals surface area contributed by atoms with Gasteiger partial charge in [0.1, 0.15) is 0 Å². The molecule has 158 valence electrons. The molecule has 0 aromatic heterocycles. The number of hydrogen-bond acceptors (Lipinski definition) is 3. The molecular weight excluding hydrogens is 392 g/mol. The highest BCUT2D eigenvalue weighted by Gasteiger charge is 2.31. The van der Waals surface area contributed by atoms with E-state index in [0.717, 1.165) is 55.6 Å². The highest BCUT2D eigenvalue weighted by Crippen LogP contribution is 2.35. The summed E-state index contributed by atoms with van der Waals surface area (Å²) in [5, 5.41) is 3.55. The fourth-order valence-electron chi connectivity index (χ4n) is 4.43. The van der Waals surface area contributed by atoms with Crippen LogP contribution in [0.15, 0.2) is 47.4 Å². The second-order valence-corrected chi connectivity index (χ2v) is 10.3. The van der Waals surface area contributed by atoms with Crippen molar-refractivity contribution in [3.05, 3.63) is 53.6 Å². The van der Waals surface area contributed by atoms with E-state index < -0.39 is 0 Å². The van der Waals surface area contributed by atoms with Crippen molar-refractivity contribution in [1.29, 1.82) is 0 Å². The van der Waals surface area contributed by atoms with Crippen LogP contribution in [-0.4, -0.2) is 23.6 Å². The summed E-state index contributed by atoms with van der Waals surface area (Å²) in [6, 6.07) is 14.2. The summed E-state index contributed by atoms with van der Waals surface area (Å²) in [6.45, 7) is 5.10. The van der Waals surface area contributed by atoms with Crippen molar-refractivity contribution < 1.29 is 9.59 Å². The zero-order chi connectivity index (χ0) is 21.1. The summed E-state index contributed by atoms with van der Waals surface area (Å²) in [6.07, 6.45) is 5.57. The number of hydrogen-bond donors (Lipinski definition) is 1. The molecule has 0 spiro atoms. The van der Waals surface area contributed by atoms with Gasteiger partial charge in [0.25, 0.3) is 0 Å². The van der Waals surface area contributed by atoms with Gasteiger partial charge in [-0.1, -0.05) is 44.9 Å². The molecule has 1 saturated carbocycles. The molecule has 1 aliphatic heterocycles. The molecule has 30 heavy (non-hydrogen) atoms. The van der Waals surface area contributed by atoms with Crippen LogP contribution < -0.4 is 10.2 Å². The summed E-state index contributed by atoms with van der Waals surface area (Å²) >= 11 is 1.82. The normalized spacial score (nSPS) is 16.2. The lowest BCUT2D eigenvalue weighted by molar-refractivity contribution is -0.122. The molecule has 2 aliphatic rings. The third kappa shape index (κ3) is 4.89. The van der Waals surface area contributed by atoms with Gasteiger partial charge in [-0.15, -0.1) is 11.8 Å². The average molecular weight is 423 g/mol. The van der Waals surface area contributed by atoms with Crippen LogP contribution in [0.3, 0.4) is 0 Å². The first-order valence-corrected chi connectivity index (χ1v) is 11.9. The third-order valence-corrected chi connectivity index (χ3v) is 6.91. The lowest BCUT2D eigenvalue weighted by atomic mass is 10.1. The predicted octanol–water partition coefficient (Wildman–Crippen LogP) is 5.45. The maximum Gasteiger partial charge on any atom is 0.230 e. The number of rotatable bonds is 6. The second-order valence-electron chi connectivity index (χ2n) is 8.60. The summed E-state index contributed by atoms with van der Waals surface area (Å²) in [4.78, 5) is 28.6. The van der Waals surface area contributed by atoms with E-state index in [-0.39, 0.29) is 17.7 Å². The number of nitrogens with one attached hydrogen (secondary N) is 1. The largest absolute Gasteiger partial charge is 0.326 e. The Morgan fingerprint density at radius 2 is 1.83 bits per heavy atom. The van der Waals surface area contributed by atoms with Crippen LogP contribution in [0.5, 0.6) is 0 Å². The van der Waals surface area contributed by atoms with Crippen molar-refractivity contribution in [2.45, 2.75) is 62.5 Å². The minimum Gasteiger partial charge on any atom is -0.326 e. The molecular formula is C25H30N2O2S. The van der Waals surface area contributed by atoms with Gasteiger partial charge in [-0.3, -0.25) is 9.59 Å². The van der Waals surface area contributed by atoms with E-state index in [4.69, 9.17) is 0 Å². The van der Waals surface area contributed by atoms with E-state index >= 15 is 0 Å². The van der Waals surface area contributed by atoms with Crippen LogP contribution in [0.25, 0.3) is 0 Å². The van der Waals surface area contributed by atoms with Crippen molar-refractivity contribution in [1.82, 2.24) is 0 Å². The van der Waals surface area contributed by atoms with Crippen LogP contribution in [0.2, 0.25) is 0 Å². The third-order valence-electron chi connectivity index (χ3n) is 5.89. The smallest absolute Gasteiger partial charge is 0.230 e. The van der Waals surface area contributed by atoms with Gasteiger partial charge >= 0.3 is 0 Å². The molecule has 0 bridgehead atoms. The minimum atomic E-state index is -0.0362. The van der Waals surface area contributed by atoms with Gasteiger partial charge in [0.2, 0.25) is 11.8 Å². The van der Waals surface area contributed by atoms with E-state index in [1.54, 1.807) is 0 Å². The molecule has 2 amide bonds. The summed E-state index contributed by atoms with van der Waals surface area (Å²) < 4.78 is 0. The zero-order valence-electron chi connectivity index (χ0n) is 17.8. The van der Waals surface area contributed by atoms with Gasteiger partial charge in [-0.05, 0) is 54.7 Å². The standard InChI is InChI=1S/C25H30N2O2S/c1-17(2)30-22-11-7-18(8-12-22)15-24(28)26-21-10-9-19-13-14-27(23(19)16-21)25(29)20-5-3-4-6-20/h7-12,16-17,20H,3-6,13-15H2,1-2H3,(H,26,28).